The number of carboxylic acid groups (broad SMARTS) is 1. The van der Waals surface area contributed by atoms with Crippen LogP contribution >= 0.6 is 0 Å². The van der Waals surface area contributed by atoms with Crippen LogP contribution in [0.1, 0.15) is 21.5 Å². The predicted octanol–water partition coefficient (Wildman–Crippen LogP) is 3.95. The molecule has 0 saturated carbocycles. The molecule has 7 nitrogen and oxygen atoms in total. The number of hydrogen-bond donors (Lipinski definition) is 2. The van der Waals surface area contributed by atoms with E-state index < -0.39 is 5.97 Å². The second-order valence-electron chi connectivity index (χ2n) is 5.90. The summed E-state index contributed by atoms with van der Waals surface area (Å²) in [6, 6.07) is 14.6. The number of aromatic nitrogens is 1. The van der Waals surface area contributed by atoms with Gasteiger partial charge in [-0.25, -0.2) is 14.2 Å². The molecule has 0 radical (unpaired) electrons. The van der Waals surface area contributed by atoms with Gasteiger partial charge in [0, 0.05) is 11.8 Å². The van der Waals surface area contributed by atoms with Crippen LogP contribution in [0.2, 0.25) is 0 Å². The van der Waals surface area contributed by atoms with Gasteiger partial charge in [-0.05, 0) is 42.0 Å². The van der Waals surface area contributed by atoms with Gasteiger partial charge in [-0.2, -0.15) is 5.10 Å². The van der Waals surface area contributed by atoms with Crippen molar-refractivity contribution in [3.8, 4) is 11.5 Å². The second kappa shape index (κ2) is 9.32. The molecule has 0 bridgehead atoms. The SMILES string of the molecule is COc1cc(/C=N/Nc2ccc(C(=O)O)cn2)ccc1OCc1ccccc1F. The van der Waals surface area contributed by atoms with Crippen molar-refractivity contribution < 1.29 is 23.8 Å². The Labute approximate surface area is 166 Å². The van der Waals surface area contributed by atoms with Gasteiger partial charge in [0.1, 0.15) is 18.2 Å². The van der Waals surface area contributed by atoms with Crippen LogP contribution in [-0.2, 0) is 6.61 Å². The summed E-state index contributed by atoms with van der Waals surface area (Å²) in [6.45, 7) is 0.0794. The molecule has 0 fully saturated rings. The van der Waals surface area contributed by atoms with Gasteiger partial charge in [0.2, 0.25) is 0 Å². The van der Waals surface area contributed by atoms with Crippen LogP contribution in [0.5, 0.6) is 11.5 Å². The molecule has 0 spiro atoms. The molecule has 1 aromatic heterocycles. The molecule has 0 atom stereocenters. The Hall–Kier alpha value is -3.94. The van der Waals surface area contributed by atoms with Gasteiger partial charge < -0.3 is 14.6 Å². The molecular weight excluding hydrogens is 377 g/mol. The molecule has 0 amide bonds. The number of pyridine rings is 1. The minimum absolute atomic E-state index is 0.0794. The van der Waals surface area contributed by atoms with Crippen molar-refractivity contribution in [2.75, 3.05) is 12.5 Å². The highest BCUT2D eigenvalue weighted by atomic mass is 19.1. The van der Waals surface area contributed by atoms with Gasteiger partial charge in [-0.15, -0.1) is 0 Å². The highest BCUT2D eigenvalue weighted by molar-refractivity contribution is 5.87. The van der Waals surface area contributed by atoms with E-state index in [1.165, 1.54) is 31.5 Å². The maximum Gasteiger partial charge on any atom is 0.337 e. The fourth-order valence-corrected chi connectivity index (χ4v) is 2.41. The van der Waals surface area contributed by atoms with Gasteiger partial charge in [0.15, 0.2) is 11.5 Å². The zero-order chi connectivity index (χ0) is 20.6. The summed E-state index contributed by atoms with van der Waals surface area (Å²) in [5.41, 5.74) is 3.99. The minimum atomic E-state index is -1.04. The van der Waals surface area contributed by atoms with E-state index in [1.54, 1.807) is 42.6 Å². The molecule has 0 aliphatic rings. The number of nitrogens with zero attached hydrogens (tertiary/aromatic N) is 2. The van der Waals surface area contributed by atoms with Crippen molar-refractivity contribution in [3.05, 3.63) is 83.3 Å². The number of aromatic carboxylic acids is 1. The number of halogens is 1. The molecule has 148 valence electrons. The maximum absolute atomic E-state index is 13.7. The fraction of sp³-hybridized carbons (Fsp3) is 0.0952. The van der Waals surface area contributed by atoms with Gasteiger partial charge in [0.05, 0.1) is 18.9 Å². The average molecular weight is 395 g/mol. The summed E-state index contributed by atoms with van der Waals surface area (Å²) >= 11 is 0. The lowest BCUT2D eigenvalue weighted by atomic mass is 10.2. The number of nitrogens with one attached hydrogen (secondary N) is 1. The number of carbonyl (C=O) groups is 1. The third-order valence-corrected chi connectivity index (χ3v) is 3.93. The third-order valence-electron chi connectivity index (χ3n) is 3.93. The molecular formula is C21H18FN3O4. The van der Waals surface area contributed by atoms with Gasteiger partial charge >= 0.3 is 5.97 Å². The highest BCUT2D eigenvalue weighted by Crippen LogP contribution is 2.28. The highest BCUT2D eigenvalue weighted by Gasteiger charge is 2.08. The largest absolute Gasteiger partial charge is 0.493 e. The first kappa shape index (κ1) is 19.8. The Kier molecular flexibility index (Phi) is 6.36. The van der Waals surface area contributed by atoms with Crippen LogP contribution in [0.15, 0.2) is 65.9 Å². The lowest BCUT2D eigenvalue weighted by Gasteiger charge is -2.11. The molecule has 3 aromatic rings. The molecule has 2 N–H and O–H groups in total. The molecule has 29 heavy (non-hydrogen) atoms. The molecule has 0 unspecified atom stereocenters. The van der Waals surface area contributed by atoms with Crippen molar-refractivity contribution in [2.45, 2.75) is 6.61 Å². The Morgan fingerprint density at radius 2 is 2.03 bits per heavy atom. The first-order valence-electron chi connectivity index (χ1n) is 8.59. The van der Waals surface area contributed by atoms with Crippen LogP contribution in [0.3, 0.4) is 0 Å². The zero-order valence-electron chi connectivity index (χ0n) is 15.5. The summed E-state index contributed by atoms with van der Waals surface area (Å²) in [5.74, 6) is -0.00711. The Morgan fingerprint density at radius 1 is 1.21 bits per heavy atom. The van der Waals surface area contributed by atoms with Crippen molar-refractivity contribution >= 4 is 18.0 Å². The van der Waals surface area contributed by atoms with Crippen LogP contribution in [0, 0.1) is 5.82 Å². The predicted molar refractivity (Wildman–Crippen MR) is 106 cm³/mol. The summed E-state index contributed by atoms with van der Waals surface area (Å²) in [5, 5.41) is 12.9. The number of benzene rings is 2. The average Bonchev–Trinajstić information content (AvgIpc) is 2.74. The lowest BCUT2D eigenvalue weighted by molar-refractivity contribution is 0.0696. The van der Waals surface area contributed by atoms with Crippen LogP contribution in [0.4, 0.5) is 10.2 Å². The number of ether oxygens (including phenoxy) is 2. The summed E-state index contributed by atoms with van der Waals surface area (Å²) in [6.07, 6.45) is 2.79. The Morgan fingerprint density at radius 3 is 2.72 bits per heavy atom. The number of carboxylic acids is 1. The van der Waals surface area contributed by atoms with E-state index in [-0.39, 0.29) is 18.0 Å². The number of methoxy groups -OCH3 is 1. The summed E-state index contributed by atoms with van der Waals surface area (Å²) in [7, 11) is 1.51. The van der Waals surface area contributed by atoms with Gasteiger partial charge in [-0.1, -0.05) is 18.2 Å². The molecule has 0 saturated heterocycles. The van der Waals surface area contributed by atoms with E-state index in [0.717, 1.165) is 5.56 Å². The summed E-state index contributed by atoms with van der Waals surface area (Å²) < 4.78 is 24.7. The van der Waals surface area contributed by atoms with E-state index in [1.807, 2.05) is 0 Å². The van der Waals surface area contributed by atoms with Crippen LogP contribution in [-0.4, -0.2) is 29.4 Å². The van der Waals surface area contributed by atoms with Crippen LogP contribution in [0.25, 0.3) is 0 Å². The lowest BCUT2D eigenvalue weighted by Crippen LogP contribution is -2.01. The van der Waals surface area contributed by atoms with Crippen LogP contribution < -0.4 is 14.9 Å². The van der Waals surface area contributed by atoms with E-state index in [0.29, 0.717) is 22.9 Å². The van der Waals surface area contributed by atoms with E-state index >= 15 is 0 Å². The first-order chi connectivity index (χ1) is 14.1. The number of anilines is 1. The van der Waals surface area contributed by atoms with E-state index in [9.17, 15) is 9.18 Å². The Balaban J connectivity index is 1.64. The number of hydrogen-bond acceptors (Lipinski definition) is 6. The molecule has 3 rings (SSSR count). The Bertz CT molecular complexity index is 1020. The number of hydrazone groups is 1. The normalized spacial score (nSPS) is 10.7. The van der Waals surface area contributed by atoms with E-state index in [2.05, 4.69) is 15.5 Å². The minimum Gasteiger partial charge on any atom is -0.493 e. The standard InChI is InChI=1S/C21H18FN3O4/c1-28-19-10-14(11-24-25-20-9-7-15(12-23-20)21(26)27)6-8-18(19)29-13-16-4-2-3-5-17(16)22/h2-12H,13H2,1H3,(H,23,25)(H,26,27)/b24-11+. The van der Waals surface area contributed by atoms with Crippen molar-refractivity contribution in [2.24, 2.45) is 5.10 Å². The quantitative estimate of drug-likeness (QED) is 0.443. The monoisotopic (exact) mass is 395 g/mol. The molecule has 8 heteroatoms. The first-order valence-corrected chi connectivity index (χ1v) is 8.59. The van der Waals surface area contributed by atoms with Gasteiger partial charge in [0.25, 0.3) is 0 Å². The third kappa shape index (κ3) is 5.29. The van der Waals surface area contributed by atoms with Crippen molar-refractivity contribution in [1.82, 2.24) is 4.98 Å². The zero-order valence-corrected chi connectivity index (χ0v) is 15.5. The topological polar surface area (TPSA) is 93.0 Å². The molecule has 0 aliphatic carbocycles. The molecule has 1 heterocycles. The maximum atomic E-state index is 13.7. The number of rotatable bonds is 8. The second-order valence-corrected chi connectivity index (χ2v) is 5.90. The van der Waals surface area contributed by atoms with Crippen molar-refractivity contribution in [1.29, 1.82) is 0 Å². The smallest absolute Gasteiger partial charge is 0.337 e. The van der Waals surface area contributed by atoms with Gasteiger partial charge in [-0.3, -0.25) is 5.43 Å². The fourth-order valence-electron chi connectivity index (χ4n) is 2.41. The molecule has 2 aromatic carbocycles. The summed E-state index contributed by atoms with van der Waals surface area (Å²) in [4.78, 5) is 14.8. The van der Waals surface area contributed by atoms with E-state index in [4.69, 9.17) is 14.6 Å². The van der Waals surface area contributed by atoms with Crippen molar-refractivity contribution in [3.63, 3.8) is 0 Å². The molecule has 0 aliphatic heterocycles.